The molecule has 0 heterocycles. The van der Waals surface area contributed by atoms with Gasteiger partial charge in [-0.15, -0.1) is 0 Å². The van der Waals surface area contributed by atoms with Gasteiger partial charge in [0.05, 0.1) is 0 Å². The van der Waals surface area contributed by atoms with E-state index in [1.807, 2.05) is 26.0 Å². The number of hydrogen-bond donors (Lipinski definition) is 2. The summed E-state index contributed by atoms with van der Waals surface area (Å²) in [6.07, 6.45) is 2.57. The second kappa shape index (κ2) is 3.30. The van der Waals surface area contributed by atoms with E-state index in [4.69, 9.17) is 10.8 Å². The van der Waals surface area contributed by atoms with Crippen molar-refractivity contribution in [1.82, 2.24) is 0 Å². The van der Waals surface area contributed by atoms with Gasteiger partial charge >= 0.3 is 0 Å². The molecule has 0 aliphatic rings. The third-order valence-electron chi connectivity index (χ3n) is 2.01. The molecule has 1 aromatic carbocycles. The zero-order valence-electron chi connectivity index (χ0n) is 7.31. The summed E-state index contributed by atoms with van der Waals surface area (Å²) in [5.41, 5.74) is 3.96. The van der Waals surface area contributed by atoms with E-state index < -0.39 is 0 Å². The van der Waals surface area contributed by atoms with Crippen molar-refractivity contribution >= 4 is 12.4 Å². The van der Waals surface area contributed by atoms with E-state index in [-0.39, 0.29) is 0 Å². The Hall–Kier alpha value is -1.44. The van der Waals surface area contributed by atoms with Gasteiger partial charge in [-0.2, -0.15) is 0 Å². The van der Waals surface area contributed by atoms with E-state index >= 15 is 0 Å². The molecule has 0 aromatic heterocycles. The molecule has 0 spiro atoms. The Balaban J connectivity index is 3.37. The largest absolute Gasteiger partial charge is 0.308 e. The summed E-state index contributed by atoms with van der Waals surface area (Å²) < 4.78 is 0. The topological polar surface area (TPSA) is 47.7 Å². The van der Waals surface area contributed by atoms with Crippen molar-refractivity contribution in [2.45, 2.75) is 13.8 Å². The Morgan fingerprint density at radius 3 is 1.50 bits per heavy atom. The standard InChI is InChI=1S/C10H12N2/c1-7-3-9(5-11)10(6-12)4-8(7)2/h3-6,11-12H,1-2H3. The molecule has 0 atom stereocenters. The Morgan fingerprint density at radius 1 is 0.917 bits per heavy atom. The first-order valence-corrected chi connectivity index (χ1v) is 3.81. The predicted molar refractivity (Wildman–Crippen MR) is 51.7 cm³/mol. The maximum Gasteiger partial charge on any atom is 0.0256 e. The minimum Gasteiger partial charge on any atom is -0.308 e. The normalized spacial score (nSPS) is 9.50. The molecule has 62 valence electrons. The van der Waals surface area contributed by atoms with Crippen molar-refractivity contribution in [1.29, 1.82) is 10.8 Å². The van der Waals surface area contributed by atoms with Crippen LogP contribution in [-0.4, -0.2) is 12.4 Å². The fourth-order valence-corrected chi connectivity index (χ4v) is 1.11. The fraction of sp³-hybridized carbons (Fsp3) is 0.200. The van der Waals surface area contributed by atoms with Crippen LogP contribution in [0.1, 0.15) is 22.3 Å². The average molecular weight is 160 g/mol. The van der Waals surface area contributed by atoms with Crippen molar-refractivity contribution in [3.63, 3.8) is 0 Å². The molecule has 0 amide bonds. The highest BCUT2D eigenvalue weighted by atomic mass is 14.4. The van der Waals surface area contributed by atoms with E-state index in [0.717, 1.165) is 11.1 Å². The lowest BCUT2D eigenvalue weighted by molar-refractivity contribution is 1.32. The van der Waals surface area contributed by atoms with Crippen molar-refractivity contribution in [3.05, 3.63) is 34.4 Å². The summed E-state index contributed by atoms with van der Waals surface area (Å²) in [6, 6.07) is 3.87. The summed E-state index contributed by atoms with van der Waals surface area (Å²) >= 11 is 0. The third-order valence-corrected chi connectivity index (χ3v) is 2.01. The van der Waals surface area contributed by atoms with Gasteiger partial charge in [-0.05, 0) is 37.1 Å². The molecular weight excluding hydrogens is 148 g/mol. The van der Waals surface area contributed by atoms with E-state index in [2.05, 4.69) is 0 Å². The fourth-order valence-electron chi connectivity index (χ4n) is 1.11. The van der Waals surface area contributed by atoms with Crippen LogP contribution in [0, 0.1) is 24.7 Å². The zero-order chi connectivity index (χ0) is 9.14. The lowest BCUT2D eigenvalue weighted by Crippen LogP contribution is -1.94. The molecule has 0 radical (unpaired) electrons. The SMILES string of the molecule is Cc1cc(C=N)c(C=N)cc1C. The van der Waals surface area contributed by atoms with Gasteiger partial charge in [-0.3, -0.25) is 0 Å². The Labute approximate surface area is 72.3 Å². The van der Waals surface area contributed by atoms with Gasteiger partial charge in [0.2, 0.25) is 0 Å². The number of rotatable bonds is 2. The quantitative estimate of drug-likeness (QED) is 0.624. The Bertz CT molecular complexity index is 294. The molecule has 2 nitrogen and oxygen atoms in total. The summed E-state index contributed by atoms with van der Waals surface area (Å²) in [4.78, 5) is 0. The monoisotopic (exact) mass is 160 g/mol. The second-order valence-electron chi connectivity index (χ2n) is 2.85. The first-order valence-electron chi connectivity index (χ1n) is 3.81. The van der Waals surface area contributed by atoms with Gasteiger partial charge in [0.15, 0.2) is 0 Å². The number of aryl methyl sites for hydroxylation is 2. The zero-order valence-corrected chi connectivity index (χ0v) is 7.31. The maximum atomic E-state index is 7.13. The Kier molecular flexibility index (Phi) is 2.38. The minimum absolute atomic E-state index is 0.813. The molecule has 0 aliphatic heterocycles. The average Bonchev–Trinajstić information content (AvgIpc) is 2.09. The highest BCUT2D eigenvalue weighted by molar-refractivity contribution is 5.92. The smallest absolute Gasteiger partial charge is 0.0256 e. The first kappa shape index (κ1) is 8.65. The lowest BCUT2D eigenvalue weighted by atomic mass is 10.0. The van der Waals surface area contributed by atoms with E-state index in [0.29, 0.717) is 0 Å². The van der Waals surface area contributed by atoms with Gasteiger partial charge in [0.25, 0.3) is 0 Å². The molecule has 1 rings (SSSR count). The molecule has 2 N–H and O–H groups in total. The summed E-state index contributed by atoms with van der Waals surface area (Å²) in [5, 5.41) is 14.3. The third kappa shape index (κ3) is 1.42. The molecule has 0 saturated carbocycles. The van der Waals surface area contributed by atoms with Gasteiger partial charge in [-0.25, -0.2) is 0 Å². The van der Waals surface area contributed by atoms with Crippen LogP contribution in [0.2, 0.25) is 0 Å². The van der Waals surface area contributed by atoms with E-state index in [9.17, 15) is 0 Å². The van der Waals surface area contributed by atoms with Crippen LogP contribution < -0.4 is 0 Å². The molecule has 0 fully saturated rings. The van der Waals surface area contributed by atoms with Crippen LogP contribution in [0.3, 0.4) is 0 Å². The minimum atomic E-state index is 0.813. The van der Waals surface area contributed by atoms with Crippen LogP contribution in [0.5, 0.6) is 0 Å². The van der Waals surface area contributed by atoms with Gasteiger partial charge in [0.1, 0.15) is 0 Å². The molecule has 0 saturated heterocycles. The van der Waals surface area contributed by atoms with Crippen molar-refractivity contribution in [3.8, 4) is 0 Å². The van der Waals surface area contributed by atoms with Gasteiger partial charge < -0.3 is 10.8 Å². The van der Waals surface area contributed by atoms with Crippen molar-refractivity contribution < 1.29 is 0 Å². The van der Waals surface area contributed by atoms with Crippen LogP contribution in [-0.2, 0) is 0 Å². The van der Waals surface area contributed by atoms with Crippen LogP contribution in [0.4, 0.5) is 0 Å². The number of nitrogens with one attached hydrogen (secondary N) is 2. The van der Waals surface area contributed by atoms with Crippen molar-refractivity contribution in [2.24, 2.45) is 0 Å². The molecule has 1 aromatic rings. The summed E-state index contributed by atoms with van der Waals surface area (Å²) in [6.45, 7) is 4.02. The van der Waals surface area contributed by atoms with E-state index in [1.165, 1.54) is 23.6 Å². The lowest BCUT2D eigenvalue weighted by Gasteiger charge is -2.04. The highest BCUT2D eigenvalue weighted by Gasteiger charge is 1.99. The molecule has 2 heteroatoms. The molecule has 0 bridgehead atoms. The highest BCUT2D eigenvalue weighted by Crippen LogP contribution is 2.12. The summed E-state index contributed by atoms with van der Waals surface area (Å²) in [7, 11) is 0. The molecular formula is C10H12N2. The van der Waals surface area contributed by atoms with Crippen LogP contribution in [0.25, 0.3) is 0 Å². The van der Waals surface area contributed by atoms with Crippen molar-refractivity contribution in [2.75, 3.05) is 0 Å². The predicted octanol–water partition coefficient (Wildman–Crippen LogP) is 2.30. The summed E-state index contributed by atoms with van der Waals surface area (Å²) in [5.74, 6) is 0. The van der Waals surface area contributed by atoms with Crippen LogP contribution in [0.15, 0.2) is 12.1 Å². The Morgan fingerprint density at radius 2 is 1.25 bits per heavy atom. The van der Waals surface area contributed by atoms with Crippen LogP contribution >= 0.6 is 0 Å². The van der Waals surface area contributed by atoms with Gasteiger partial charge in [0, 0.05) is 23.6 Å². The molecule has 12 heavy (non-hydrogen) atoms. The van der Waals surface area contributed by atoms with Gasteiger partial charge in [-0.1, -0.05) is 0 Å². The first-order chi connectivity index (χ1) is 5.69. The van der Waals surface area contributed by atoms with E-state index in [1.54, 1.807) is 0 Å². The maximum absolute atomic E-state index is 7.13. The number of benzene rings is 1. The molecule has 0 unspecified atom stereocenters. The number of hydrogen-bond acceptors (Lipinski definition) is 2. The molecule has 0 aliphatic carbocycles. The second-order valence-corrected chi connectivity index (χ2v) is 2.85.